The maximum absolute atomic E-state index is 12.3. The van der Waals surface area contributed by atoms with Gasteiger partial charge in [0, 0.05) is 48.4 Å². The summed E-state index contributed by atoms with van der Waals surface area (Å²) < 4.78 is 2.08. The molecule has 5 heteroatoms. The summed E-state index contributed by atoms with van der Waals surface area (Å²) in [4.78, 5) is 14.8. The molecule has 1 N–H and O–H groups in total. The van der Waals surface area contributed by atoms with Crippen LogP contribution >= 0.6 is 0 Å². The lowest BCUT2D eigenvalue weighted by Crippen LogP contribution is -2.37. The fourth-order valence-corrected chi connectivity index (χ4v) is 3.91. The summed E-state index contributed by atoms with van der Waals surface area (Å²) >= 11 is 0. The van der Waals surface area contributed by atoms with Gasteiger partial charge in [-0.3, -0.25) is 4.79 Å². The number of nitrogens with zero attached hydrogens (tertiary/aromatic N) is 3. The predicted molar refractivity (Wildman–Crippen MR) is 114 cm³/mol. The van der Waals surface area contributed by atoms with E-state index in [1.807, 2.05) is 30.5 Å². The summed E-state index contributed by atoms with van der Waals surface area (Å²) in [5.74, 6) is 0.391. The number of nitrogens with one attached hydrogen (secondary N) is 1. The topological polar surface area (TPSA) is 61.1 Å². The zero-order valence-electron chi connectivity index (χ0n) is 16.7. The number of carbonyl (C=O) groups excluding carboxylic acids is 1. The van der Waals surface area contributed by atoms with E-state index in [9.17, 15) is 4.79 Å². The zero-order valence-corrected chi connectivity index (χ0v) is 16.7. The number of benzene rings is 1. The Morgan fingerprint density at radius 1 is 1.29 bits per heavy atom. The van der Waals surface area contributed by atoms with Gasteiger partial charge in [-0.15, -0.1) is 0 Å². The minimum atomic E-state index is -0.0562. The number of fused-ring (bicyclic) bond motifs is 1. The van der Waals surface area contributed by atoms with Gasteiger partial charge in [0.2, 0.25) is 5.91 Å². The quantitative estimate of drug-likeness (QED) is 0.711. The van der Waals surface area contributed by atoms with Crippen molar-refractivity contribution in [2.24, 2.45) is 5.92 Å². The second kappa shape index (κ2) is 10.1. The molecule has 28 heavy (non-hydrogen) atoms. The highest BCUT2D eigenvalue weighted by atomic mass is 16.1. The molecule has 1 aromatic heterocycles. The van der Waals surface area contributed by atoms with Crippen LogP contribution in [0.1, 0.15) is 38.2 Å². The molecule has 0 radical (unpaired) electrons. The Kier molecular flexibility index (Phi) is 7.27. The Bertz CT molecular complexity index is 855. The first-order chi connectivity index (χ1) is 13.7. The number of carbonyl (C=O) groups is 1. The number of aromatic nitrogens is 1. The van der Waals surface area contributed by atoms with Gasteiger partial charge in [0.25, 0.3) is 0 Å². The van der Waals surface area contributed by atoms with Crippen LogP contribution in [0.4, 0.5) is 0 Å². The number of likely N-dealkylation sites (tertiary alicyclic amines) is 1. The molecular weight excluding hydrogens is 348 g/mol. The highest BCUT2D eigenvalue weighted by Gasteiger charge is 2.13. The summed E-state index contributed by atoms with van der Waals surface area (Å²) in [6.45, 7) is 6.98. The molecule has 1 atom stereocenters. The van der Waals surface area contributed by atoms with Crippen LogP contribution in [0.5, 0.6) is 0 Å². The third-order valence-corrected chi connectivity index (χ3v) is 5.34. The summed E-state index contributed by atoms with van der Waals surface area (Å²) in [6.07, 6.45) is 9.91. The van der Waals surface area contributed by atoms with Gasteiger partial charge in [-0.25, -0.2) is 0 Å². The van der Waals surface area contributed by atoms with Crippen molar-refractivity contribution >= 4 is 22.9 Å². The van der Waals surface area contributed by atoms with E-state index in [0.29, 0.717) is 25.4 Å². The molecule has 5 nitrogen and oxygen atoms in total. The van der Waals surface area contributed by atoms with Crippen molar-refractivity contribution < 1.29 is 4.79 Å². The van der Waals surface area contributed by atoms with E-state index in [4.69, 9.17) is 5.26 Å². The fraction of sp³-hybridized carbons (Fsp3) is 0.478. The standard InChI is InChI=1S/C23H30N4O/c1-19(17-26-13-5-2-6-14-26)16-25-23(28)11-10-20-18-27(15-7-12-24)22-9-4-3-8-21(20)22/h3-4,8-11,18-19H,2,5-7,13-17H2,1H3,(H,25,28)/b11-10+. The van der Waals surface area contributed by atoms with Gasteiger partial charge >= 0.3 is 0 Å². The number of hydrogen-bond acceptors (Lipinski definition) is 3. The van der Waals surface area contributed by atoms with Crippen LogP contribution < -0.4 is 5.32 Å². The zero-order chi connectivity index (χ0) is 19.8. The maximum atomic E-state index is 12.3. The van der Waals surface area contributed by atoms with Gasteiger partial charge in [-0.2, -0.15) is 5.26 Å². The van der Waals surface area contributed by atoms with Crippen molar-refractivity contribution in [3.8, 4) is 6.07 Å². The Balaban J connectivity index is 1.55. The third kappa shape index (κ3) is 5.46. The molecule has 0 bridgehead atoms. The molecule has 2 heterocycles. The molecule has 1 amide bonds. The Morgan fingerprint density at radius 3 is 2.86 bits per heavy atom. The normalized spacial score (nSPS) is 16.3. The lowest BCUT2D eigenvalue weighted by molar-refractivity contribution is -0.116. The highest BCUT2D eigenvalue weighted by molar-refractivity contribution is 5.96. The van der Waals surface area contributed by atoms with Crippen molar-refractivity contribution in [1.82, 2.24) is 14.8 Å². The molecule has 1 aromatic carbocycles. The van der Waals surface area contributed by atoms with Crippen molar-refractivity contribution in [3.05, 3.63) is 42.1 Å². The minimum absolute atomic E-state index is 0.0562. The minimum Gasteiger partial charge on any atom is -0.352 e. The molecule has 1 aliphatic rings. The van der Waals surface area contributed by atoms with Crippen LogP contribution in [0, 0.1) is 17.2 Å². The molecule has 1 fully saturated rings. The number of nitriles is 1. The van der Waals surface area contributed by atoms with Crippen LogP contribution in [-0.4, -0.2) is 41.6 Å². The van der Waals surface area contributed by atoms with E-state index < -0.39 is 0 Å². The van der Waals surface area contributed by atoms with Gasteiger partial charge in [0.05, 0.1) is 12.5 Å². The molecule has 1 saturated heterocycles. The maximum Gasteiger partial charge on any atom is 0.244 e. The monoisotopic (exact) mass is 378 g/mol. The number of amides is 1. The second-order valence-corrected chi connectivity index (χ2v) is 7.75. The number of para-hydroxylation sites is 1. The summed E-state index contributed by atoms with van der Waals surface area (Å²) in [5.41, 5.74) is 2.10. The lowest BCUT2D eigenvalue weighted by Gasteiger charge is -2.29. The molecule has 0 saturated carbocycles. The Hall–Kier alpha value is -2.58. The van der Waals surface area contributed by atoms with Gasteiger partial charge in [-0.1, -0.05) is 31.5 Å². The van der Waals surface area contributed by atoms with Gasteiger partial charge in [-0.05, 0) is 44.0 Å². The van der Waals surface area contributed by atoms with Crippen molar-refractivity contribution in [3.63, 3.8) is 0 Å². The van der Waals surface area contributed by atoms with Crippen LogP contribution in [-0.2, 0) is 11.3 Å². The highest BCUT2D eigenvalue weighted by Crippen LogP contribution is 2.22. The van der Waals surface area contributed by atoms with E-state index in [1.54, 1.807) is 6.08 Å². The van der Waals surface area contributed by atoms with E-state index >= 15 is 0 Å². The Morgan fingerprint density at radius 2 is 2.07 bits per heavy atom. The summed E-state index contributed by atoms with van der Waals surface area (Å²) in [5, 5.41) is 13.0. The lowest BCUT2D eigenvalue weighted by atomic mass is 10.1. The molecule has 0 spiro atoms. The number of rotatable bonds is 8. The third-order valence-electron chi connectivity index (χ3n) is 5.34. The largest absolute Gasteiger partial charge is 0.352 e. The molecule has 3 rings (SSSR count). The van der Waals surface area contributed by atoms with Crippen molar-refractivity contribution in [2.45, 2.75) is 39.2 Å². The molecule has 2 aromatic rings. The first-order valence-corrected chi connectivity index (χ1v) is 10.3. The van der Waals surface area contributed by atoms with Gasteiger partial charge < -0.3 is 14.8 Å². The van der Waals surface area contributed by atoms with E-state index in [-0.39, 0.29) is 5.91 Å². The summed E-state index contributed by atoms with van der Waals surface area (Å²) in [6, 6.07) is 10.3. The fourth-order valence-electron chi connectivity index (χ4n) is 3.91. The molecular formula is C23H30N4O. The Labute approximate surface area is 167 Å². The first kappa shape index (κ1) is 20.2. The van der Waals surface area contributed by atoms with Gasteiger partial charge in [0.1, 0.15) is 0 Å². The number of piperidine rings is 1. The average molecular weight is 379 g/mol. The van der Waals surface area contributed by atoms with Gasteiger partial charge in [0.15, 0.2) is 0 Å². The number of aryl methyl sites for hydroxylation is 1. The SMILES string of the molecule is CC(CNC(=O)/C=C/c1cn(CCC#N)c2ccccc12)CN1CCCCC1. The molecule has 1 aliphatic heterocycles. The van der Waals surface area contributed by atoms with E-state index in [2.05, 4.69) is 33.8 Å². The average Bonchev–Trinajstić information content (AvgIpc) is 3.08. The van der Waals surface area contributed by atoms with Crippen molar-refractivity contribution in [2.75, 3.05) is 26.2 Å². The molecule has 1 unspecified atom stereocenters. The van der Waals surface area contributed by atoms with Crippen LogP contribution in [0.15, 0.2) is 36.5 Å². The smallest absolute Gasteiger partial charge is 0.244 e. The predicted octanol–water partition coefficient (Wildman–Crippen LogP) is 3.81. The summed E-state index contributed by atoms with van der Waals surface area (Å²) in [7, 11) is 0. The second-order valence-electron chi connectivity index (χ2n) is 7.75. The van der Waals surface area contributed by atoms with Crippen LogP contribution in [0.3, 0.4) is 0 Å². The van der Waals surface area contributed by atoms with Crippen LogP contribution in [0.2, 0.25) is 0 Å². The first-order valence-electron chi connectivity index (χ1n) is 10.3. The van der Waals surface area contributed by atoms with Crippen LogP contribution in [0.25, 0.3) is 17.0 Å². The van der Waals surface area contributed by atoms with Crippen molar-refractivity contribution in [1.29, 1.82) is 5.26 Å². The molecule has 0 aliphatic carbocycles. The number of hydrogen-bond donors (Lipinski definition) is 1. The molecule has 148 valence electrons. The van der Waals surface area contributed by atoms with E-state index in [0.717, 1.165) is 23.0 Å². The van der Waals surface area contributed by atoms with E-state index in [1.165, 1.54) is 32.4 Å².